The van der Waals surface area contributed by atoms with Crippen molar-refractivity contribution in [2.75, 3.05) is 40.0 Å². The van der Waals surface area contributed by atoms with Crippen molar-refractivity contribution in [3.05, 3.63) is 35.9 Å². The Morgan fingerprint density at radius 3 is 2.28 bits per heavy atom. The molecule has 0 saturated carbocycles. The zero-order chi connectivity index (χ0) is 13.4. The highest BCUT2D eigenvalue weighted by Crippen LogP contribution is 2.06. The summed E-state index contributed by atoms with van der Waals surface area (Å²) in [5.41, 5.74) is 1.39. The van der Waals surface area contributed by atoms with Crippen molar-refractivity contribution in [2.24, 2.45) is 0 Å². The van der Waals surface area contributed by atoms with Crippen LogP contribution >= 0.6 is 11.8 Å². The zero-order valence-electron chi connectivity index (χ0n) is 12.1. The van der Waals surface area contributed by atoms with Gasteiger partial charge in [0, 0.05) is 31.4 Å². The number of nitrogens with zero attached hydrogens (tertiary/aromatic N) is 2. The molecule has 0 aliphatic heterocycles. The number of hydrogen-bond acceptors (Lipinski definition) is 3. The minimum Gasteiger partial charge on any atom is -0.304 e. The molecular weight excluding hydrogens is 240 g/mol. The van der Waals surface area contributed by atoms with Gasteiger partial charge in [-0.25, -0.2) is 0 Å². The largest absolute Gasteiger partial charge is 0.304 e. The van der Waals surface area contributed by atoms with Gasteiger partial charge in [0.15, 0.2) is 0 Å². The van der Waals surface area contributed by atoms with Crippen molar-refractivity contribution in [1.82, 2.24) is 9.80 Å². The molecule has 1 aromatic rings. The summed E-state index contributed by atoms with van der Waals surface area (Å²) >= 11 is 1.93. The third-order valence-corrected chi connectivity index (χ3v) is 4.08. The first-order valence-electron chi connectivity index (χ1n) is 6.55. The van der Waals surface area contributed by atoms with Crippen molar-refractivity contribution in [1.29, 1.82) is 0 Å². The van der Waals surface area contributed by atoms with E-state index >= 15 is 0 Å². The molecule has 1 aromatic carbocycles. The molecule has 0 aliphatic rings. The Kier molecular flexibility index (Phi) is 7.40. The van der Waals surface area contributed by atoms with Crippen LogP contribution in [0.15, 0.2) is 30.3 Å². The molecule has 0 radical (unpaired) electrons. The van der Waals surface area contributed by atoms with Crippen LogP contribution in [0, 0.1) is 0 Å². The van der Waals surface area contributed by atoms with Crippen LogP contribution in [0.2, 0.25) is 0 Å². The maximum atomic E-state index is 2.42. The molecule has 0 heterocycles. The Labute approximate surface area is 116 Å². The Bertz CT molecular complexity index is 316. The first kappa shape index (κ1) is 15.5. The molecule has 18 heavy (non-hydrogen) atoms. The molecule has 0 fully saturated rings. The van der Waals surface area contributed by atoms with Gasteiger partial charge in [-0.3, -0.25) is 0 Å². The number of benzene rings is 1. The number of likely N-dealkylation sites (N-methyl/N-ethyl adjacent to an activating group) is 2. The summed E-state index contributed by atoms with van der Waals surface area (Å²) in [5.74, 6) is 0. The van der Waals surface area contributed by atoms with Crippen molar-refractivity contribution >= 4 is 11.8 Å². The van der Waals surface area contributed by atoms with Gasteiger partial charge in [0.1, 0.15) is 0 Å². The summed E-state index contributed by atoms with van der Waals surface area (Å²) in [7, 11) is 4.40. The van der Waals surface area contributed by atoms with Crippen LogP contribution in [-0.4, -0.2) is 55.0 Å². The fourth-order valence-corrected chi connectivity index (χ4v) is 2.32. The van der Waals surface area contributed by atoms with E-state index in [1.807, 2.05) is 11.8 Å². The monoisotopic (exact) mass is 266 g/mol. The molecule has 2 nitrogen and oxygen atoms in total. The van der Waals surface area contributed by atoms with Crippen molar-refractivity contribution in [2.45, 2.75) is 18.7 Å². The van der Waals surface area contributed by atoms with Gasteiger partial charge in [-0.15, -0.1) is 0 Å². The van der Waals surface area contributed by atoms with E-state index in [0.29, 0.717) is 0 Å². The van der Waals surface area contributed by atoms with Crippen LogP contribution in [0.25, 0.3) is 0 Å². The first-order valence-corrected chi connectivity index (χ1v) is 7.84. The van der Waals surface area contributed by atoms with Crippen molar-refractivity contribution < 1.29 is 0 Å². The fraction of sp³-hybridized carbons (Fsp3) is 0.600. The average Bonchev–Trinajstić information content (AvgIpc) is 2.37. The number of rotatable bonds is 8. The highest BCUT2D eigenvalue weighted by Gasteiger charge is 2.06. The van der Waals surface area contributed by atoms with E-state index < -0.39 is 0 Å². The molecule has 0 aliphatic carbocycles. The van der Waals surface area contributed by atoms with E-state index in [9.17, 15) is 0 Å². The van der Waals surface area contributed by atoms with Gasteiger partial charge in [0.25, 0.3) is 0 Å². The molecule has 0 N–H and O–H groups in total. The van der Waals surface area contributed by atoms with Crippen LogP contribution in [0.3, 0.4) is 0 Å². The Morgan fingerprint density at radius 1 is 1.06 bits per heavy atom. The molecule has 3 heteroatoms. The lowest BCUT2D eigenvalue weighted by atomic mass is 10.2. The molecule has 102 valence electrons. The second kappa shape index (κ2) is 8.57. The molecule has 0 saturated heterocycles. The van der Waals surface area contributed by atoms with E-state index in [1.165, 1.54) is 12.1 Å². The molecule has 0 spiro atoms. The fourth-order valence-electron chi connectivity index (χ4n) is 1.92. The lowest BCUT2D eigenvalue weighted by Gasteiger charge is -2.23. The summed E-state index contributed by atoms with van der Waals surface area (Å²) in [6.45, 7) is 6.74. The topological polar surface area (TPSA) is 6.48 Å². The number of hydrogen-bond donors (Lipinski definition) is 0. The second-order valence-electron chi connectivity index (χ2n) is 5.03. The van der Waals surface area contributed by atoms with Gasteiger partial charge in [0.05, 0.1) is 0 Å². The van der Waals surface area contributed by atoms with E-state index in [1.54, 1.807) is 0 Å². The normalized spacial score (nSPS) is 13.2. The van der Waals surface area contributed by atoms with Crippen LogP contribution in [0.1, 0.15) is 12.5 Å². The maximum absolute atomic E-state index is 2.42. The summed E-state index contributed by atoms with van der Waals surface area (Å²) < 4.78 is 0. The molecule has 1 unspecified atom stereocenters. The average molecular weight is 266 g/mol. The molecular formula is C15H26N2S. The Morgan fingerprint density at radius 2 is 1.67 bits per heavy atom. The van der Waals surface area contributed by atoms with Crippen LogP contribution in [0.5, 0.6) is 0 Å². The molecule has 0 bridgehead atoms. The molecule has 1 atom stereocenters. The summed E-state index contributed by atoms with van der Waals surface area (Å²) in [6.07, 6.45) is 2.18. The van der Waals surface area contributed by atoms with Crippen LogP contribution in [-0.2, 0) is 6.54 Å². The summed E-state index contributed by atoms with van der Waals surface area (Å²) in [5, 5.41) is 0.717. The highest BCUT2D eigenvalue weighted by molar-refractivity contribution is 7.99. The number of thioether (sulfide) groups is 1. The van der Waals surface area contributed by atoms with Crippen LogP contribution < -0.4 is 0 Å². The van der Waals surface area contributed by atoms with Crippen LogP contribution in [0.4, 0.5) is 0 Å². The highest BCUT2D eigenvalue weighted by atomic mass is 32.2. The third-order valence-electron chi connectivity index (χ3n) is 3.13. The summed E-state index contributed by atoms with van der Waals surface area (Å²) in [6, 6.07) is 10.7. The Hall–Kier alpha value is -0.510. The van der Waals surface area contributed by atoms with Gasteiger partial charge in [0.2, 0.25) is 0 Å². The van der Waals surface area contributed by atoms with E-state index in [0.717, 1.165) is 24.9 Å². The maximum Gasteiger partial charge on any atom is 0.0231 e. The minimum atomic E-state index is 0.717. The molecule has 1 rings (SSSR count). The van der Waals surface area contributed by atoms with E-state index in [2.05, 4.69) is 67.4 Å². The molecule has 0 amide bonds. The van der Waals surface area contributed by atoms with Crippen molar-refractivity contribution in [3.63, 3.8) is 0 Å². The van der Waals surface area contributed by atoms with Gasteiger partial charge >= 0.3 is 0 Å². The van der Waals surface area contributed by atoms with Crippen molar-refractivity contribution in [3.8, 4) is 0 Å². The Balaban J connectivity index is 2.22. The second-order valence-corrected chi connectivity index (χ2v) is 6.31. The first-order chi connectivity index (χ1) is 8.61. The smallest absolute Gasteiger partial charge is 0.0231 e. The van der Waals surface area contributed by atoms with Gasteiger partial charge in [-0.2, -0.15) is 11.8 Å². The van der Waals surface area contributed by atoms with Gasteiger partial charge in [-0.05, 0) is 25.9 Å². The predicted octanol–water partition coefficient (Wildman–Crippen LogP) is 2.80. The SMILES string of the molecule is CSC(C)CN(C)CCN(C)Cc1ccccc1. The lowest BCUT2D eigenvalue weighted by Crippen LogP contribution is -2.33. The zero-order valence-corrected chi connectivity index (χ0v) is 12.9. The molecule has 0 aromatic heterocycles. The summed E-state index contributed by atoms with van der Waals surface area (Å²) in [4.78, 5) is 4.80. The quantitative estimate of drug-likeness (QED) is 0.714. The van der Waals surface area contributed by atoms with Gasteiger partial charge in [-0.1, -0.05) is 37.3 Å². The third kappa shape index (κ3) is 6.43. The van der Waals surface area contributed by atoms with Gasteiger partial charge < -0.3 is 9.80 Å². The standard InChI is InChI=1S/C15H26N2S/c1-14(18-4)12-16(2)10-11-17(3)13-15-8-6-5-7-9-15/h5-9,14H,10-13H2,1-4H3. The minimum absolute atomic E-state index is 0.717. The van der Waals surface area contributed by atoms with E-state index in [-0.39, 0.29) is 0 Å². The predicted molar refractivity (Wildman–Crippen MR) is 83.3 cm³/mol. The lowest BCUT2D eigenvalue weighted by molar-refractivity contribution is 0.253. The van der Waals surface area contributed by atoms with E-state index in [4.69, 9.17) is 0 Å².